The molecule has 0 amide bonds. The minimum atomic E-state index is -0.216. The monoisotopic (exact) mass is 276 g/mol. The van der Waals surface area contributed by atoms with Crippen LogP contribution in [0, 0.1) is 0 Å². The van der Waals surface area contributed by atoms with Gasteiger partial charge in [0.15, 0.2) is 0 Å². The van der Waals surface area contributed by atoms with Gasteiger partial charge < -0.3 is 9.47 Å². The number of carbonyl (C=O) groups excluding carboxylic acids is 1. The van der Waals surface area contributed by atoms with E-state index in [1.54, 1.807) is 7.11 Å². The maximum absolute atomic E-state index is 12.0. The second-order valence-electron chi connectivity index (χ2n) is 4.64. The Kier molecular flexibility index (Phi) is 7.48. The molecule has 0 fully saturated rings. The van der Waals surface area contributed by atoms with Crippen molar-refractivity contribution in [3.8, 4) is 5.75 Å². The van der Waals surface area contributed by atoms with Gasteiger partial charge in [-0.05, 0) is 36.6 Å². The van der Waals surface area contributed by atoms with Crippen molar-refractivity contribution in [2.75, 3.05) is 13.7 Å². The number of unbranched alkanes of at least 4 members (excludes halogenated alkanes) is 2. The van der Waals surface area contributed by atoms with Crippen molar-refractivity contribution in [2.24, 2.45) is 0 Å². The molecule has 1 aromatic rings. The number of methoxy groups -OCH3 is 1. The van der Waals surface area contributed by atoms with E-state index in [9.17, 15) is 4.79 Å². The Morgan fingerprint density at radius 2 is 2.05 bits per heavy atom. The summed E-state index contributed by atoms with van der Waals surface area (Å²) in [4.78, 5) is 12.0. The van der Waals surface area contributed by atoms with Crippen LogP contribution in [0.4, 0.5) is 0 Å². The second kappa shape index (κ2) is 9.18. The zero-order valence-electron chi connectivity index (χ0n) is 12.6. The molecule has 1 rings (SSSR count). The molecule has 0 radical (unpaired) electrons. The molecule has 0 aliphatic rings. The lowest BCUT2D eigenvalue weighted by Gasteiger charge is -2.07. The average molecular weight is 276 g/mol. The normalized spacial score (nSPS) is 11.2. The van der Waals surface area contributed by atoms with Crippen molar-refractivity contribution in [1.82, 2.24) is 0 Å². The lowest BCUT2D eigenvalue weighted by atomic mass is 10.1. The first-order valence-electron chi connectivity index (χ1n) is 7.23. The van der Waals surface area contributed by atoms with E-state index in [1.165, 1.54) is 0 Å². The van der Waals surface area contributed by atoms with Gasteiger partial charge in [0, 0.05) is 5.57 Å². The predicted molar refractivity (Wildman–Crippen MR) is 81.7 cm³/mol. The van der Waals surface area contributed by atoms with Gasteiger partial charge in [-0.3, -0.25) is 0 Å². The number of esters is 1. The van der Waals surface area contributed by atoms with E-state index in [0.717, 1.165) is 30.6 Å². The first kappa shape index (κ1) is 16.3. The zero-order chi connectivity index (χ0) is 14.8. The maximum Gasteiger partial charge on any atom is 0.334 e. The quantitative estimate of drug-likeness (QED) is 0.405. The highest BCUT2D eigenvalue weighted by Crippen LogP contribution is 2.17. The molecular weight excluding hydrogens is 252 g/mol. The van der Waals surface area contributed by atoms with Crippen molar-refractivity contribution in [2.45, 2.75) is 39.5 Å². The lowest BCUT2D eigenvalue weighted by Crippen LogP contribution is -2.08. The molecule has 110 valence electrons. The molecule has 0 bridgehead atoms. The first-order valence-corrected chi connectivity index (χ1v) is 7.23. The summed E-state index contributed by atoms with van der Waals surface area (Å²) in [6.07, 6.45) is 5.67. The predicted octanol–water partition coefficient (Wildman–Crippen LogP) is 4.22. The number of benzene rings is 1. The van der Waals surface area contributed by atoms with Crippen LogP contribution in [0.1, 0.15) is 45.1 Å². The van der Waals surface area contributed by atoms with E-state index in [1.807, 2.05) is 37.3 Å². The molecular formula is C17H24O3. The van der Waals surface area contributed by atoms with Crippen molar-refractivity contribution < 1.29 is 14.3 Å². The van der Waals surface area contributed by atoms with Crippen LogP contribution in [0.2, 0.25) is 0 Å². The fraction of sp³-hybridized carbons (Fsp3) is 0.471. The molecule has 0 spiro atoms. The van der Waals surface area contributed by atoms with Crippen LogP contribution in [0.15, 0.2) is 29.8 Å². The smallest absolute Gasteiger partial charge is 0.334 e. The molecule has 0 saturated carbocycles. The highest BCUT2D eigenvalue weighted by atomic mass is 16.5. The van der Waals surface area contributed by atoms with Gasteiger partial charge >= 0.3 is 5.97 Å². The van der Waals surface area contributed by atoms with Crippen LogP contribution in [-0.4, -0.2) is 19.7 Å². The van der Waals surface area contributed by atoms with Gasteiger partial charge in [0.25, 0.3) is 0 Å². The minimum Gasteiger partial charge on any atom is -0.497 e. The summed E-state index contributed by atoms with van der Waals surface area (Å²) in [5.74, 6) is 0.567. The third kappa shape index (κ3) is 5.47. The van der Waals surface area contributed by atoms with Crippen LogP contribution in [0.25, 0.3) is 6.08 Å². The standard InChI is InChI=1S/C17H24O3/c1-4-6-7-11-20-17(18)15(5-2)12-14-9-8-10-16(13-14)19-3/h8-10,12-13H,4-7,11H2,1-3H3. The van der Waals surface area contributed by atoms with E-state index in [-0.39, 0.29) is 5.97 Å². The zero-order valence-corrected chi connectivity index (χ0v) is 12.6. The third-order valence-corrected chi connectivity index (χ3v) is 3.06. The van der Waals surface area contributed by atoms with Gasteiger partial charge in [-0.2, -0.15) is 0 Å². The SMILES string of the molecule is CCCCCOC(=O)C(=Cc1cccc(OC)c1)CC. The molecule has 0 saturated heterocycles. The van der Waals surface area contributed by atoms with E-state index in [2.05, 4.69) is 6.92 Å². The summed E-state index contributed by atoms with van der Waals surface area (Å²) >= 11 is 0. The highest BCUT2D eigenvalue weighted by molar-refractivity contribution is 5.93. The summed E-state index contributed by atoms with van der Waals surface area (Å²) in [7, 11) is 1.63. The summed E-state index contributed by atoms with van der Waals surface area (Å²) in [5.41, 5.74) is 1.64. The van der Waals surface area contributed by atoms with Crippen molar-refractivity contribution in [1.29, 1.82) is 0 Å². The van der Waals surface area contributed by atoms with E-state index < -0.39 is 0 Å². The molecule has 0 aliphatic carbocycles. The molecule has 0 atom stereocenters. The summed E-state index contributed by atoms with van der Waals surface area (Å²) in [5, 5.41) is 0. The van der Waals surface area contributed by atoms with Crippen LogP contribution in [0.5, 0.6) is 5.75 Å². The van der Waals surface area contributed by atoms with E-state index in [4.69, 9.17) is 9.47 Å². The van der Waals surface area contributed by atoms with Gasteiger partial charge in [-0.1, -0.05) is 38.8 Å². The Morgan fingerprint density at radius 1 is 1.25 bits per heavy atom. The van der Waals surface area contributed by atoms with Crippen molar-refractivity contribution in [3.63, 3.8) is 0 Å². The Hall–Kier alpha value is -1.77. The summed E-state index contributed by atoms with van der Waals surface area (Å²) in [6.45, 7) is 4.59. The van der Waals surface area contributed by atoms with Crippen molar-refractivity contribution in [3.05, 3.63) is 35.4 Å². The van der Waals surface area contributed by atoms with Gasteiger partial charge in [-0.25, -0.2) is 4.79 Å². The van der Waals surface area contributed by atoms with E-state index in [0.29, 0.717) is 18.6 Å². The average Bonchev–Trinajstić information content (AvgIpc) is 2.49. The number of hydrogen-bond donors (Lipinski definition) is 0. The molecule has 3 nitrogen and oxygen atoms in total. The molecule has 0 unspecified atom stereocenters. The number of rotatable bonds is 8. The number of carbonyl (C=O) groups is 1. The van der Waals surface area contributed by atoms with Gasteiger partial charge in [-0.15, -0.1) is 0 Å². The lowest BCUT2D eigenvalue weighted by molar-refractivity contribution is -0.139. The number of hydrogen-bond acceptors (Lipinski definition) is 3. The Balaban J connectivity index is 2.67. The largest absolute Gasteiger partial charge is 0.497 e. The molecule has 3 heteroatoms. The second-order valence-corrected chi connectivity index (χ2v) is 4.64. The van der Waals surface area contributed by atoms with Gasteiger partial charge in [0.2, 0.25) is 0 Å². The Bertz CT molecular complexity index is 449. The molecule has 0 aromatic heterocycles. The minimum absolute atomic E-state index is 0.216. The van der Waals surface area contributed by atoms with Crippen LogP contribution < -0.4 is 4.74 Å². The Morgan fingerprint density at radius 3 is 2.70 bits per heavy atom. The van der Waals surface area contributed by atoms with Crippen LogP contribution in [0.3, 0.4) is 0 Å². The third-order valence-electron chi connectivity index (χ3n) is 3.06. The summed E-state index contributed by atoms with van der Waals surface area (Å²) in [6, 6.07) is 7.64. The van der Waals surface area contributed by atoms with Crippen LogP contribution in [-0.2, 0) is 9.53 Å². The fourth-order valence-corrected chi connectivity index (χ4v) is 1.85. The molecule has 0 aliphatic heterocycles. The van der Waals surface area contributed by atoms with Gasteiger partial charge in [0.05, 0.1) is 13.7 Å². The van der Waals surface area contributed by atoms with Crippen LogP contribution >= 0.6 is 0 Å². The maximum atomic E-state index is 12.0. The number of ether oxygens (including phenoxy) is 2. The van der Waals surface area contributed by atoms with Crippen molar-refractivity contribution >= 4 is 12.0 Å². The fourth-order valence-electron chi connectivity index (χ4n) is 1.85. The highest BCUT2D eigenvalue weighted by Gasteiger charge is 2.09. The molecule has 0 N–H and O–H groups in total. The molecule has 20 heavy (non-hydrogen) atoms. The molecule has 0 heterocycles. The summed E-state index contributed by atoms with van der Waals surface area (Å²) < 4.78 is 10.5. The van der Waals surface area contributed by atoms with E-state index >= 15 is 0 Å². The molecule has 1 aromatic carbocycles. The van der Waals surface area contributed by atoms with Gasteiger partial charge in [0.1, 0.15) is 5.75 Å². The topological polar surface area (TPSA) is 35.5 Å². The first-order chi connectivity index (χ1) is 9.71. The Labute approximate surface area is 121 Å².